The Morgan fingerprint density at radius 2 is 2.15 bits per heavy atom. The first-order valence-electron chi connectivity index (χ1n) is 6.24. The van der Waals surface area contributed by atoms with Crippen LogP contribution in [0.5, 0.6) is 0 Å². The van der Waals surface area contributed by atoms with E-state index >= 15 is 0 Å². The summed E-state index contributed by atoms with van der Waals surface area (Å²) >= 11 is 5.88. The summed E-state index contributed by atoms with van der Waals surface area (Å²) in [5.74, 6) is -1.31. The summed E-state index contributed by atoms with van der Waals surface area (Å²) < 4.78 is 5.18. The number of pyridine rings is 1. The van der Waals surface area contributed by atoms with E-state index in [1.165, 1.54) is 18.5 Å². The van der Waals surface area contributed by atoms with Gasteiger partial charge in [-0.25, -0.2) is 0 Å². The number of aromatic nitrogens is 1. The molecule has 6 nitrogen and oxygen atoms in total. The summed E-state index contributed by atoms with van der Waals surface area (Å²) in [6.07, 6.45) is 3.60. The first-order chi connectivity index (χ1) is 9.55. The second kappa shape index (κ2) is 6.19. The Morgan fingerprint density at radius 1 is 1.45 bits per heavy atom. The molecule has 108 valence electrons. The van der Waals surface area contributed by atoms with Gasteiger partial charge in [0.25, 0.3) is 5.91 Å². The van der Waals surface area contributed by atoms with Gasteiger partial charge in [-0.3, -0.25) is 14.6 Å². The van der Waals surface area contributed by atoms with Crippen molar-refractivity contribution in [2.24, 2.45) is 5.41 Å². The van der Waals surface area contributed by atoms with E-state index in [1.807, 2.05) is 0 Å². The Kier molecular flexibility index (Phi) is 4.57. The van der Waals surface area contributed by atoms with Crippen LogP contribution in [-0.2, 0) is 9.53 Å². The minimum atomic E-state index is -0.965. The summed E-state index contributed by atoms with van der Waals surface area (Å²) in [5.41, 5.74) is -0.679. The maximum absolute atomic E-state index is 12.0. The largest absolute Gasteiger partial charge is 0.481 e. The number of carboxylic acids is 1. The van der Waals surface area contributed by atoms with Gasteiger partial charge in [0.2, 0.25) is 0 Å². The molecule has 1 amide bonds. The highest BCUT2D eigenvalue weighted by molar-refractivity contribution is 6.33. The number of carboxylic acid groups (broad SMARTS) is 1. The first-order valence-corrected chi connectivity index (χ1v) is 6.62. The molecule has 0 radical (unpaired) electrons. The van der Waals surface area contributed by atoms with Crippen molar-refractivity contribution in [3.05, 3.63) is 29.0 Å². The molecule has 0 spiro atoms. The molecular weight excluding hydrogens is 284 g/mol. The molecule has 1 aliphatic rings. The third kappa shape index (κ3) is 3.08. The van der Waals surface area contributed by atoms with Gasteiger partial charge in [0, 0.05) is 32.2 Å². The van der Waals surface area contributed by atoms with Crippen LogP contribution in [0.2, 0.25) is 5.02 Å². The predicted molar refractivity (Wildman–Crippen MR) is 71.7 cm³/mol. The van der Waals surface area contributed by atoms with Crippen LogP contribution in [0.3, 0.4) is 0 Å². The van der Waals surface area contributed by atoms with E-state index in [4.69, 9.17) is 16.3 Å². The lowest BCUT2D eigenvalue weighted by Crippen LogP contribution is -2.46. The number of hydrogen-bond acceptors (Lipinski definition) is 4. The molecule has 1 aromatic rings. The highest BCUT2D eigenvalue weighted by Crippen LogP contribution is 2.30. The van der Waals surface area contributed by atoms with E-state index in [0.717, 1.165) is 0 Å². The van der Waals surface area contributed by atoms with Crippen LogP contribution in [0.1, 0.15) is 23.2 Å². The Labute approximate surface area is 121 Å². The maximum atomic E-state index is 12.0. The Morgan fingerprint density at radius 3 is 2.75 bits per heavy atom. The van der Waals surface area contributed by atoms with Crippen LogP contribution in [0.25, 0.3) is 0 Å². The summed E-state index contributed by atoms with van der Waals surface area (Å²) in [6.45, 7) is 0.833. The number of amides is 1. The van der Waals surface area contributed by atoms with Crippen molar-refractivity contribution in [1.29, 1.82) is 0 Å². The fourth-order valence-electron chi connectivity index (χ4n) is 2.13. The number of halogens is 1. The van der Waals surface area contributed by atoms with Gasteiger partial charge in [0.1, 0.15) is 0 Å². The van der Waals surface area contributed by atoms with Gasteiger partial charge >= 0.3 is 5.97 Å². The monoisotopic (exact) mass is 298 g/mol. The first kappa shape index (κ1) is 14.7. The van der Waals surface area contributed by atoms with Crippen molar-refractivity contribution >= 4 is 23.5 Å². The number of hydrogen-bond donors (Lipinski definition) is 2. The van der Waals surface area contributed by atoms with Gasteiger partial charge in [-0.2, -0.15) is 0 Å². The molecule has 0 saturated carbocycles. The van der Waals surface area contributed by atoms with Gasteiger partial charge in [-0.15, -0.1) is 0 Å². The van der Waals surface area contributed by atoms with Gasteiger partial charge in [-0.1, -0.05) is 11.6 Å². The third-order valence-corrected chi connectivity index (χ3v) is 3.81. The van der Waals surface area contributed by atoms with E-state index in [9.17, 15) is 14.7 Å². The highest BCUT2D eigenvalue weighted by Gasteiger charge is 2.40. The molecule has 1 aliphatic heterocycles. The number of ether oxygens (including phenoxy) is 1. The molecule has 1 fully saturated rings. The summed E-state index contributed by atoms with van der Waals surface area (Å²) in [7, 11) is 0. The summed E-state index contributed by atoms with van der Waals surface area (Å²) in [4.78, 5) is 27.3. The van der Waals surface area contributed by atoms with Gasteiger partial charge < -0.3 is 15.2 Å². The van der Waals surface area contributed by atoms with Crippen LogP contribution < -0.4 is 5.32 Å². The van der Waals surface area contributed by atoms with E-state index in [2.05, 4.69) is 10.3 Å². The molecule has 2 N–H and O–H groups in total. The molecule has 7 heteroatoms. The molecule has 0 bridgehead atoms. The lowest BCUT2D eigenvalue weighted by molar-refractivity contribution is -0.154. The molecule has 0 aliphatic carbocycles. The van der Waals surface area contributed by atoms with E-state index in [0.29, 0.717) is 26.1 Å². The summed E-state index contributed by atoms with van der Waals surface area (Å²) in [5, 5.41) is 12.3. The number of nitrogens with one attached hydrogen (secondary N) is 1. The zero-order chi connectivity index (χ0) is 14.6. The topological polar surface area (TPSA) is 88.5 Å². The maximum Gasteiger partial charge on any atom is 0.311 e. The van der Waals surface area contributed by atoms with Crippen molar-refractivity contribution in [3.63, 3.8) is 0 Å². The van der Waals surface area contributed by atoms with Crippen LogP contribution in [-0.4, -0.2) is 41.7 Å². The zero-order valence-electron chi connectivity index (χ0n) is 10.8. The number of nitrogens with zero attached hydrogens (tertiary/aromatic N) is 1. The standard InChI is InChI=1S/C13H15ClN2O4/c14-10-7-15-4-1-9(10)11(17)16-8-13(12(18)19)2-5-20-6-3-13/h1,4,7H,2-3,5-6,8H2,(H,16,17)(H,18,19). The lowest BCUT2D eigenvalue weighted by atomic mass is 9.80. The van der Waals surface area contributed by atoms with E-state index in [-0.39, 0.29) is 17.1 Å². The number of carbonyl (C=O) groups excluding carboxylic acids is 1. The van der Waals surface area contributed by atoms with Crippen LogP contribution in [0.4, 0.5) is 0 Å². The van der Waals surface area contributed by atoms with Crippen LogP contribution >= 0.6 is 11.6 Å². The minimum Gasteiger partial charge on any atom is -0.481 e. The fraction of sp³-hybridized carbons (Fsp3) is 0.462. The smallest absolute Gasteiger partial charge is 0.311 e. The van der Waals surface area contributed by atoms with Crippen molar-refractivity contribution in [1.82, 2.24) is 10.3 Å². The predicted octanol–water partition coefficient (Wildman–Crippen LogP) is 1.35. The number of carbonyl (C=O) groups is 2. The average Bonchev–Trinajstić information content (AvgIpc) is 2.46. The number of aliphatic carboxylic acids is 1. The second-order valence-electron chi connectivity index (χ2n) is 4.74. The van der Waals surface area contributed by atoms with Gasteiger partial charge in [0.15, 0.2) is 0 Å². The molecule has 0 aromatic carbocycles. The second-order valence-corrected chi connectivity index (χ2v) is 5.14. The SMILES string of the molecule is O=C(NCC1(C(=O)O)CCOCC1)c1ccncc1Cl. The molecule has 1 aromatic heterocycles. The van der Waals surface area contributed by atoms with Crippen molar-refractivity contribution < 1.29 is 19.4 Å². The Bertz CT molecular complexity index is 515. The quantitative estimate of drug-likeness (QED) is 0.876. The number of rotatable bonds is 4. The Hall–Kier alpha value is -1.66. The molecular formula is C13H15ClN2O4. The highest BCUT2D eigenvalue weighted by atomic mass is 35.5. The molecule has 1 saturated heterocycles. The average molecular weight is 299 g/mol. The molecule has 0 unspecified atom stereocenters. The molecule has 20 heavy (non-hydrogen) atoms. The Balaban J connectivity index is 2.05. The summed E-state index contributed by atoms with van der Waals surface area (Å²) in [6, 6.07) is 1.50. The van der Waals surface area contributed by atoms with Crippen LogP contribution in [0, 0.1) is 5.41 Å². The van der Waals surface area contributed by atoms with Gasteiger partial charge in [0.05, 0.1) is 16.0 Å². The molecule has 2 heterocycles. The fourth-order valence-corrected chi connectivity index (χ4v) is 2.34. The van der Waals surface area contributed by atoms with E-state index in [1.54, 1.807) is 0 Å². The normalized spacial score (nSPS) is 17.4. The zero-order valence-corrected chi connectivity index (χ0v) is 11.5. The van der Waals surface area contributed by atoms with Crippen LogP contribution in [0.15, 0.2) is 18.5 Å². The molecule has 0 atom stereocenters. The lowest BCUT2D eigenvalue weighted by Gasteiger charge is -2.33. The van der Waals surface area contributed by atoms with Gasteiger partial charge in [-0.05, 0) is 18.9 Å². The van der Waals surface area contributed by atoms with E-state index < -0.39 is 17.3 Å². The van der Waals surface area contributed by atoms with Crippen molar-refractivity contribution in [2.45, 2.75) is 12.8 Å². The van der Waals surface area contributed by atoms with Crippen molar-refractivity contribution in [2.75, 3.05) is 19.8 Å². The van der Waals surface area contributed by atoms with Crippen molar-refractivity contribution in [3.8, 4) is 0 Å². The minimum absolute atomic E-state index is 0.0587. The third-order valence-electron chi connectivity index (χ3n) is 3.51. The molecule has 2 rings (SSSR count).